The Morgan fingerprint density at radius 2 is 1.41 bits per heavy atom. The third-order valence-corrected chi connectivity index (χ3v) is 4.14. The number of ether oxygens (including phenoxy) is 2. The van der Waals surface area contributed by atoms with Crippen molar-refractivity contribution in [3.8, 4) is 33.8 Å². The summed E-state index contributed by atoms with van der Waals surface area (Å²) in [5.41, 5.74) is 3.82. The Morgan fingerprint density at radius 3 is 1.97 bits per heavy atom. The van der Waals surface area contributed by atoms with Crippen molar-refractivity contribution in [1.82, 2.24) is 0 Å². The molecule has 146 valence electrons. The molecule has 4 nitrogen and oxygen atoms in total. The second-order valence-electron chi connectivity index (χ2n) is 6.34. The van der Waals surface area contributed by atoms with Crippen LogP contribution in [0.3, 0.4) is 0 Å². The molecule has 0 aliphatic heterocycles. The smallest absolute Gasteiger partial charge is 0.338 e. The van der Waals surface area contributed by atoms with E-state index in [1.807, 2.05) is 36.4 Å². The number of halogens is 1. The van der Waals surface area contributed by atoms with Crippen LogP contribution in [0.15, 0.2) is 91.4 Å². The van der Waals surface area contributed by atoms with E-state index in [-0.39, 0.29) is 5.75 Å². The molecule has 0 saturated heterocycles. The van der Waals surface area contributed by atoms with Crippen LogP contribution in [0, 0.1) is 5.82 Å². The molecule has 0 atom stereocenters. The lowest BCUT2D eigenvalue weighted by Gasteiger charge is -2.07. The Balaban J connectivity index is 1.65. The minimum Gasteiger partial charge on any atom is -0.505 e. The van der Waals surface area contributed by atoms with Crippen LogP contribution in [-0.2, 0) is 9.53 Å². The van der Waals surface area contributed by atoms with Gasteiger partial charge < -0.3 is 14.6 Å². The maximum absolute atomic E-state index is 13.5. The summed E-state index contributed by atoms with van der Waals surface area (Å²) < 4.78 is 23.7. The number of carbonyl (C=O) groups is 1. The summed E-state index contributed by atoms with van der Waals surface area (Å²) in [6, 6.07) is 19.4. The van der Waals surface area contributed by atoms with Crippen molar-refractivity contribution < 1.29 is 23.8 Å². The van der Waals surface area contributed by atoms with Gasteiger partial charge in [0.1, 0.15) is 18.3 Å². The number of hydrogen-bond acceptors (Lipinski definition) is 4. The van der Waals surface area contributed by atoms with Gasteiger partial charge in [-0.05, 0) is 53.4 Å². The molecule has 0 saturated carbocycles. The van der Waals surface area contributed by atoms with Crippen LogP contribution >= 0.6 is 0 Å². The number of benzene rings is 3. The van der Waals surface area contributed by atoms with Gasteiger partial charge in [0.2, 0.25) is 0 Å². The summed E-state index contributed by atoms with van der Waals surface area (Å²) in [6.07, 6.45) is 2.44. The van der Waals surface area contributed by atoms with Crippen LogP contribution in [0.2, 0.25) is 0 Å². The molecule has 0 heterocycles. The third-order valence-electron chi connectivity index (χ3n) is 4.14. The number of phenolic OH excluding ortho intramolecular Hbond substituents is 1. The summed E-state index contributed by atoms with van der Waals surface area (Å²) in [7, 11) is 0. The van der Waals surface area contributed by atoms with Crippen LogP contribution in [0.4, 0.5) is 4.39 Å². The molecule has 0 aliphatic carbocycles. The zero-order chi connectivity index (χ0) is 20.8. The first-order chi connectivity index (χ1) is 13.9. The van der Waals surface area contributed by atoms with Crippen LogP contribution < -0.4 is 4.74 Å². The van der Waals surface area contributed by atoms with Crippen molar-refractivity contribution in [2.75, 3.05) is 0 Å². The highest BCUT2D eigenvalue weighted by molar-refractivity contribution is 5.87. The van der Waals surface area contributed by atoms with Gasteiger partial charge in [-0.3, -0.25) is 0 Å². The number of esters is 1. The molecule has 3 aromatic rings. The second kappa shape index (κ2) is 8.89. The van der Waals surface area contributed by atoms with E-state index in [9.17, 15) is 14.3 Å². The predicted molar refractivity (Wildman–Crippen MR) is 110 cm³/mol. The average molecular weight is 390 g/mol. The first-order valence-corrected chi connectivity index (χ1v) is 8.81. The largest absolute Gasteiger partial charge is 0.505 e. The monoisotopic (exact) mass is 390 g/mol. The summed E-state index contributed by atoms with van der Waals surface area (Å²) in [4.78, 5) is 11.2. The Hall–Kier alpha value is -3.86. The van der Waals surface area contributed by atoms with Crippen molar-refractivity contribution in [2.24, 2.45) is 0 Å². The van der Waals surface area contributed by atoms with Crippen LogP contribution in [-0.4, -0.2) is 11.1 Å². The molecule has 1 N–H and O–H groups in total. The summed E-state index contributed by atoms with van der Waals surface area (Å²) in [6.45, 7) is 5.05. The third kappa shape index (κ3) is 5.11. The van der Waals surface area contributed by atoms with Gasteiger partial charge in [0.15, 0.2) is 11.6 Å². The molecule has 0 unspecified atom stereocenters. The highest BCUT2D eigenvalue weighted by Crippen LogP contribution is 2.28. The molecule has 3 rings (SSSR count). The van der Waals surface area contributed by atoms with Gasteiger partial charge in [0.05, 0.1) is 0 Å². The van der Waals surface area contributed by atoms with Crippen LogP contribution in [0.25, 0.3) is 22.3 Å². The number of phenols is 1. The number of rotatable bonds is 6. The van der Waals surface area contributed by atoms with Crippen LogP contribution in [0.1, 0.15) is 6.92 Å². The van der Waals surface area contributed by atoms with E-state index in [0.29, 0.717) is 16.9 Å². The molecule has 3 aromatic carbocycles. The molecular weight excluding hydrogens is 371 g/mol. The van der Waals surface area contributed by atoms with Crippen molar-refractivity contribution in [3.05, 3.63) is 97.2 Å². The highest BCUT2D eigenvalue weighted by atomic mass is 19.1. The van der Waals surface area contributed by atoms with Gasteiger partial charge in [-0.2, -0.15) is 0 Å². The average Bonchev–Trinajstić information content (AvgIpc) is 2.73. The Bertz CT molecular complexity index is 1050. The fourth-order valence-electron chi connectivity index (χ4n) is 2.56. The number of carbonyl (C=O) groups excluding carboxylic acids is 1. The molecule has 0 radical (unpaired) electrons. The second-order valence-corrected chi connectivity index (χ2v) is 6.34. The van der Waals surface area contributed by atoms with E-state index < -0.39 is 11.8 Å². The maximum atomic E-state index is 13.5. The van der Waals surface area contributed by atoms with Crippen molar-refractivity contribution in [3.63, 3.8) is 0 Å². The number of hydrogen-bond donors (Lipinski definition) is 1. The Morgan fingerprint density at radius 1 is 0.897 bits per heavy atom. The molecule has 0 amide bonds. The normalized spacial score (nSPS) is 10.7. The van der Waals surface area contributed by atoms with Crippen molar-refractivity contribution in [1.29, 1.82) is 0 Å². The minimum atomic E-state index is -0.648. The standard InChI is InChI=1S/C24H19FO4/c1-16(2)24(27)29-14-13-28-21-10-7-18(8-11-21)17-3-5-19(6-4-17)20-9-12-23(26)22(25)15-20/h3-15,26H,1H2,2H3/b14-13-. The zero-order valence-electron chi connectivity index (χ0n) is 15.8. The van der Waals surface area contributed by atoms with Crippen LogP contribution in [0.5, 0.6) is 11.5 Å². The van der Waals surface area contributed by atoms with Gasteiger partial charge in [0, 0.05) is 5.57 Å². The van der Waals surface area contributed by atoms with E-state index in [1.54, 1.807) is 25.1 Å². The molecule has 29 heavy (non-hydrogen) atoms. The van der Waals surface area contributed by atoms with Gasteiger partial charge in [0.25, 0.3) is 0 Å². The first kappa shape index (κ1) is 19.9. The summed E-state index contributed by atoms with van der Waals surface area (Å²) in [5, 5.41) is 9.31. The highest BCUT2D eigenvalue weighted by Gasteiger charge is 2.05. The van der Waals surface area contributed by atoms with E-state index in [2.05, 4.69) is 6.58 Å². The summed E-state index contributed by atoms with van der Waals surface area (Å²) >= 11 is 0. The molecule has 0 aromatic heterocycles. The molecule has 0 aliphatic rings. The number of aromatic hydroxyl groups is 1. The zero-order valence-corrected chi connectivity index (χ0v) is 15.8. The molecule has 5 heteroatoms. The first-order valence-electron chi connectivity index (χ1n) is 8.81. The van der Waals surface area contributed by atoms with Crippen molar-refractivity contribution >= 4 is 5.97 Å². The van der Waals surface area contributed by atoms with Gasteiger partial charge >= 0.3 is 5.97 Å². The minimum absolute atomic E-state index is 0.306. The fourth-order valence-corrected chi connectivity index (χ4v) is 2.56. The molecular formula is C24H19FO4. The molecule has 0 bridgehead atoms. The Kier molecular flexibility index (Phi) is 6.09. The maximum Gasteiger partial charge on any atom is 0.338 e. The predicted octanol–water partition coefficient (Wildman–Crippen LogP) is 5.83. The quantitative estimate of drug-likeness (QED) is 0.327. The Labute approximate surface area is 168 Å². The van der Waals surface area contributed by atoms with E-state index >= 15 is 0 Å². The van der Waals surface area contributed by atoms with Gasteiger partial charge in [-0.15, -0.1) is 0 Å². The summed E-state index contributed by atoms with van der Waals surface area (Å²) in [5.74, 6) is -0.937. The lowest BCUT2D eigenvalue weighted by Crippen LogP contribution is -1.99. The van der Waals surface area contributed by atoms with Gasteiger partial charge in [-0.1, -0.05) is 49.0 Å². The lowest BCUT2D eigenvalue weighted by atomic mass is 10.00. The van der Waals surface area contributed by atoms with E-state index in [1.165, 1.54) is 18.4 Å². The molecule has 0 spiro atoms. The van der Waals surface area contributed by atoms with Crippen molar-refractivity contribution in [2.45, 2.75) is 6.92 Å². The lowest BCUT2D eigenvalue weighted by molar-refractivity contribution is -0.133. The topological polar surface area (TPSA) is 55.8 Å². The molecule has 0 fully saturated rings. The SMILES string of the molecule is C=C(C)C(=O)O/C=C\Oc1ccc(-c2ccc(-c3ccc(O)c(F)c3)cc2)cc1. The fraction of sp³-hybridized carbons (Fsp3) is 0.0417. The van der Waals surface area contributed by atoms with Gasteiger partial charge in [-0.25, -0.2) is 9.18 Å². The van der Waals surface area contributed by atoms with E-state index in [0.717, 1.165) is 23.0 Å². The van der Waals surface area contributed by atoms with E-state index in [4.69, 9.17) is 9.47 Å².